The third kappa shape index (κ3) is 37.5. The van der Waals surface area contributed by atoms with Crippen molar-refractivity contribution in [3.8, 4) is 0 Å². The number of hydrogen-bond acceptors (Lipinski definition) is 10. The summed E-state index contributed by atoms with van der Waals surface area (Å²) in [7, 11) is -5.08. The number of nitrogens with one attached hydrogen (secondary N) is 1. The minimum absolute atomic E-state index is 0.223. The fraction of sp³-hybridized carbons (Fsp3) is 0.981. The van der Waals surface area contributed by atoms with Crippen LogP contribution in [0.1, 0.15) is 284 Å². The summed E-state index contributed by atoms with van der Waals surface area (Å²) in [6.45, 7) is 3.49. The number of ether oxygens (including phenoxy) is 2. The zero-order chi connectivity index (χ0) is 49.1. The molecule has 1 aliphatic rings. The summed E-state index contributed by atoms with van der Waals surface area (Å²) in [6, 6.07) is -0.852. The smallest absolute Gasteiger partial charge is 0.394 e. The number of amides is 1. The van der Waals surface area contributed by atoms with Crippen LogP contribution in [0.4, 0.5) is 0 Å². The molecule has 7 atom stereocenters. The Hall–Kier alpha value is -0.900. The van der Waals surface area contributed by atoms with Crippen LogP contribution in [0.15, 0.2) is 0 Å². The SMILES string of the molecule is CCCCCCCCCCCCCCCCCCCCCCCCCCCC(=O)NC(COC1OC(CO)C(O)C(OS(=O)(=O)O)C1O)C(O)CCCCCCCCCCCCCCCCC. The zero-order valence-corrected chi connectivity index (χ0v) is 44.1. The van der Waals surface area contributed by atoms with E-state index < -0.39 is 59.9 Å². The first kappa shape index (κ1) is 64.1. The lowest BCUT2D eigenvalue weighted by Gasteiger charge is -2.41. The average Bonchev–Trinajstić information content (AvgIpc) is 3.30. The van der Waals surface area contributed by atoms with E-state index in [2.05, 4.69) is 23.3 Å². The minimum atomic E-state index is -5.08. The Morgan fingerprint density at radius 3 is 1.19 bits per heavy atom. The van der Waals surface area contributed by atoms with Gasteiger partial charge in [-0.05, 0) is 12.8 Å². The van der Waals surface area contributed by atoms with E-state index in [0.717, 1.165) is 51.4 Å². The monoisotopic (exact) mass is 978 g/mol. The molecule has 1 rings (SSSR count). The topological polar surface area (TPSA) is 192 Å². The van der Waals surface area contributed by atoms with Crippen LogP contribution in [-0.2, 0) is 28.9 Å². The molecule has 0 saturated carbocycles. The molecule has 1 amide bonds. The first-order chi connectivity index (χ1) is 32.5. The lowest BCUT2D eigenvalue weighted by atomic mass is 9.99. The van der Waals surface area contributed by atoms with Crippen molar-refractivity contribution >= 4 is 16.3 Å². The second-order valence-corrected chi connectivity index (χ2v) is 21.3. The van der Waals surface area contributed by atoms with Gasteiger partial charge in [0.05, 0.1) is 25.4 Å². The molecule has 0 aromatic carbocycles. The van der Waals surface area contributed by atoms with E-state index in [0.29, 0.717) is 12.8 Å². The van der Waals surface area contributed by atoms with Gasteiger partial charge in [-0.1, -0.05) is 264 Å². The lowest BCUT2D eigenvalue weighted by Crippen LogP contribution is -2.61. The molecule has 6 N–H and O–H groups in total. The van der Waals surface area contributed by atoms with E-state index in [1.807, 2.05) is 0 Å². The largest absolute Gasteiger partial charge is 0.397 e. The van der Waals surface area contributed by atoms with Crippen LogP contribution in [0.2, 0.25) is 0 Å². The van der Waals surface area contributed by atoms with Gasteiger partial charge in [-0.3, -0.25) is 9.35 Å². The van der Waals surface area contributed by atoms with Gasteiger partial charge in [0.2, 0.25) is 5.91 Å². The van der Waals surface area contributed by atoms with Gasteiger partial charge in [-0.2, -0.15) is 8.42 Å². The van der Waals surface area contributed by atoms with Crippen molar-refractivity contribution in [2.24, 2.45) is 0 Å². The molecular weight excluding hydrogens is 871 g/mol. The summed E-state index contributed by atoms with van der Waals surface area (Å²) in [5.74, 6) is -0.223. The van der Waals surface area contributed by atoms with Gasteiger partial charge in [0.25, 0.3) is 0 Å². The van der Waals surface area contributed by atoms with E-state index in [1.54, 1.807) is 0 Å². The molecule has 7 unspecified atom stereocenters. The van der Waals surface area contributed by atoms with E-state index in [1.165, 1.54) is 205 Å². The molecule has 13 heteroatoms. The number of rotatable bonds is 50. The molecule has 0 bridgehead atoms. The molecule has 0 radical (unpaired) electrons. The van der Waals surface area contributed by atoms with Crippen molar-refractivity contribution in [3.63, 3.8) is 0 Å². The fourth-order valence-corrected chi connectivity index (χ4v) is 10.0. The molecule has 1 fully saturated rings. The second-order valence-electron chi connectivity index (χ2n) is 20.2. The van der Waals surface area contributed by atoms with Crippen molar-refractivity contribution in [3.05, 3.63) is 0 Å². The second kappa shape index (κ2) is 45.0. The highest BCUT2D eigenvalue weighted by Gasteiger charge is 2.48. The highest BCUT2D eigenvalue weighted by Crippen LogP contribution is 2.26. The Labute approximate surface area is 411 Å². The van der Waals surface area contributed by atoms with Crippen LogP contribution < -0.4 is 5.32 Å². The number of carbonyl (C=O) groups excluding carboxylic acids is 1. The Morgan fingerprint density at radius 2 is 0.866 bits per heavy atom. The summed E-state index contributed by atoms with van der Waals surface area (Å²) >= 11 is 0. The van der Waals surface area contributed by atoms with Gasteiger partial charge in [0.15, 0.2) is 6.29 Å². The first-order valence-corrected chi connectivity index (χ1v) is 29.8. The van der Waals surface area contributed by atoms with E-state index in [4.69, 9.17) is 9.47 Å². The summed E-state index contributed by atoms with van der Waals surface area (Å²) < 4.78 is 47.9. The maximum absolute atomic E-state index is 13.1. The number of aliphatic hydroxyl groups is 4. The van der Waals surface area contributed by atoms with Crippen LogP contribution in [0.25, 0.3) is 0 Å². The molecule has 0 spiro atoms. The first-order valence-electron chi connectivity index (χ1n) is 28.4. The van der Waals surface area contributed by atoms with E-state index in [9.17, 15) is 38.2 Å². The lowest BCUT2D eigenvalue weighted by molar-refractivity contribution is -0.298. The van der Waals surface area contributed by atoms with Crippen molar-refractivity contribution < 1.29 is 51.8 Å². The predicted octanol–water partition coefficient (Wildman–Crippen LogP) is 12.9. The molecule has 12 nitrogen and oxygen atoms in total. The van der Waals surface area contributed by atoms with Crippen molar-refractivity contribution in [1.82, 2.24) is 5.32 Å². The predicted molar refractivity (Wildman–Crippen MR) is 273 cm³/mol. The number of hydrogen-bond donors (Lipinski definition) is 6. The number of carbonyl (C=O) groups is 1. The number of unbranched alkanes of at least 4 members (excludes halogenated alkanes) is 38. The van der Waals surface area contributed by atoms with E-state index >= 15 is 0 Å². The Bertz CT molecular complexity index is 1200. The molecule has 0 aromatic heterocycles. The zero-order valence-electron chi connectivity index (χ0n) is 43.2. The van der Waals surface area contributed by atoms with Crippen molar-refractivity contribution in [2.75, 3.05) is 13.2 Å². The number of aliphatic hydroxyl groups excluding tert-OH is 4. The Balaban J connectivity index is 2.31. The third-order valence-electron chi connectivity index (χ3n) is 13.9. The highest BCUT2D eigenvalue weighted by molar-refractivity contribution is 7.80. The molecule has 1 saturated heterocycles. The van der Waals surface area contributed by atoms with E-state index in [-0.39, 0.29) is 12.5 Å². The summed E-state index contributed by atoms with van der Waals surface area (Å²) in [5, 5.41) is 45.1. The maximum Gasteiger partial charge on any atom is 0.397 e. The third-order valence-corrected chi connectivity index (χ3v) is 14.4. The summed E-state index contributed by atoms with van der Waals surface area (Å²) in [6.07, 6.45) is 42.5. The average molecular weight is 979 g/mol. The molecular formula is C54H107NO11S. The van der Waals surface area contributed by atoms with Gasteiger partial charge in [-0.15, -0.1) is 0 Å². The van der Waals surface area contributed by atoms with Crippen LogP contribution >= 0.6 is 0 Å². The molecule has 1 heterocycles. The maximum atomic E-state index is 13.1. The van der Waals surface area contributed by atoms with Gasteiger partial charge < -0.3 is 35.2 Å². The van der Waals surface area contributed by atoms with Gasteiger partial charge in [0, 0.05) is 6.42 Å². The molecule has 0 aromatic rings. The normalized spacial score (nSPS) is 19.8. The quantitative estimate of drug-likeness (QED) is 0.0251. The fourth-order valence-electron chi connectivity index (χ4n) is 9.52. The van der Waals surface area contributed by atoms with Gasteiger partial charge >= 0.3 is 10.4 Å². The molecule has 67 heavy (non-hydrogen) atoms. The summed E-state index contributed by atoms with van der Waals surface area (Å²) in [4.78, 5) is 13.1. The van der Waals surface area contributed by atoms with Gasteiger partial charge in [-0.25, -0.2) is 4.18 Å². The summed E-state index contributed by atoms with van der Waals surface area (Å²) in [5.41, 5.74) is 0. The van der Waals surface area contributed by atoms with Crippen LogP contribution in [0.5, 0.6) is 0 Å². The molecule has 0 aliphatic carbocycles. The minimum Gasteiger partial charge on any atom is -0.394 e. The molecule has 1 aliphatic heterocycles. The highest BCUT2D eigenvalue weighted by atomic mass is 32.3. The van der Waals surface area contributed by atoms with Gasteiger partial charge in [0.1, 0.15) is 24.4 Å². The van der Waals surface area contributed by atoms with Crippen LogP contribution in [-0.4, -0.2) is 95.4 Å². The van der Waals surface area contributed by atoms with Crippen molar-refractivity contribution in [2.45, 2.75) is 326 Å². The standard InChI is InChI=1S/C54H107NO11S/c1-3-5-7-9-11-13-15-17-19-20-21-22-23-24-25-26-27-28-30-32-34-36-38-40-42-44-50(58)55-47(46-64-54-52(60)53(66-67(61,62)63)51(59)49(45-56)65-54)48(57)43-41-39-37-35-33-31-29-18-16-14-12-10-8-6-4-2/h47-49,51-54,56-57,59-60H,3-46H2,1-2H3,(H,55,58)(H,61,62,63). The van der Waals surface area contributed by atoms with Crippen LogP contribution in [0, 0.1) is 0 Å². The van der Waals surface area contributed by atoms with Crippen LogP contribution in [0.3, 0.4) is 0 Å². The molecule has 400 valence electrons. The van der Waals surface area contributed by atoms with Crippen molar-refractivity contribution in [1.29, 1.82) is 0 Å². The Kier molecular flexibility index (Phi) is 43.1. The Morgan fingerprint density at radius 1 is 0.537 bits per heavy atom.